The van der Waals surface area contributed by atoms with Crippen molar-refractivity contribution in [2.75, 3.05) is 0 Å². The van der Waals surface area contributed by atoms with Crippen molar-refractivity contribution in [2.45, 2.75) is 58.8 Å². The summed E-state index contributed by atoms with van der Waals surface area (Å²) >= 11 is 0. The van der Waals surface area contributed by atoms with Gasteiger partial charge in [0.1, 0.15) is 5.82 Å². The van der Waals surface area contributed by atoms with E-state index in [1.54, 1.807) is 13.8 Å². The number of aryl methyl sites for hydroxylation is 1. The molecule has 1 N–H and O–H groups in total. The van der Waals surface area contributed by atoms with Gasteiger partial charge in [-0.05, 0) is 58.6 Å². The van der Waals surface area contributed by atoms with E-state index in [1.165, 1.54) is 6.07 Å². The molecule has 110 valence electrons. The number of hydrogen-bond acceptors (Lipinski definition) is 3. The summed E-state index contributed by atoms with van der Waals surface area (Å²) in [5.41, 5.74) is 0.758. The highest BCUT2D eigenvalue weighted by Gasteiger charge is 2.51. The maximum Gasteiger partial charge on any atom is 0.494 e. The van der Waals surface area contributed by atoms with Crippen molar-refractivity contribution in [3.05, 3.63) is 29.1 Å². The van der Waals surface area contributed by atoms with Crippen LogP contribution in [0.5, 0.6) is 0 Å². The Bertz CT molecular complexity index is 487. The number of aliphatic hydroxyl groups excluding tert-OH is 1. The number of halogens is 1. The summed E-state index contributed by atoms with van der Waals surface area (Å²) < 4.78 is 25.9. The zero-order valence-corrected chi connectivity index (χ0v) is 13.0. The fourth-order valence-corrected chi connectivity index (χ4v) is 2.43. The Morgan fingerprint density at radius 3 is 2.05 bits per heavy atom. The molecule has 1 heterocycles. The van der Waals surface area contributed by atoms with Gasteiger partial charge in [-0.15, -0.1) is 0 Å². The summed E-state index contributed by atoms with van der Waals surface area (Å²) in [5, 5.41) is 9.61. The van der Waals surface area contributed by atoms with Crippen molar-refractivity contribution in [2.24, 2.45) is 0 Å². The Hall–Kier alpha value is -0.905. The predicted molar refractivity (Wildman–Crippen MR) is 77.5 cm³/mol. The van der Waals surface area contributed by atoms with E-state index in [1.807, 2.05) is 33.8 Å². The molecule has 1 aromatic rings. The summed E-state index contributed by atoms with van der Waals surface area (Å²) in [4.78, 5) is 0. The normalized spacial score (nSPS) is 22.1. The van der Waals surface area contributed by atoms with Crippen molar-refractivity contribution in [3.63, 3.8) is 0 Å². The minimum absolute atomic E-state index is 0.324. The molecule has 0 radical (unpaired) electrons. The van der Waals surface area contributed by atoms with Gasteiger partial charge in [-0.1, -0.05) is 6.07 Å². The first kappa shape index (κ1) is 15.5. The molecule has 0 aliphatic carbocycles. The van der Waals surface area contributed by atoms with Crippen LogP contribution in [-0.4, -0.2) is 23.4 Å². The summed E-state index contributed by atoms with van der Waals surface area (Å²) in [6.45, 7) is 11.2. The van der Waals surface area contributed by atoms with Gasteiger partial charge in [0.25, 0.3) is 0 Å². The van der Waals surface area contributed by atoms with Crippen LogP contribution in [0.4, 0.5) is 4.39 Å². The summed E-state index contributed by atoms with van der Waals surface area (Å²) in [7, 11) is -0.587. The van der Waals surface area contributed by atoms with Crippen LogP contribution in [0.3, 0.4) is 0 Å². The van der Waals surface area contributed by atoms with Crippen LogP contribution in [-0.2, 0) is 9.31 Å². The third kappa shape index (κ3) is 2.50. The van der Waals surface area contributed by atoms with Crippen molar-refractivity contribution in [3.8, 4) is 0 Å². The lowest BCUT2D eigenvalue weighted by Crippen LogP contribution is -2.41. The highest BCUT2D eigenvalue weighted by atomic mass is 19.1. The molecule has 0 saturated carbocycles. The first-order valence-corrected chi connectivity index (χ1v) is 6.89. The maximum absolute atomic E-state index is 14.1. The maximum atomic E-state index is 14.1. The Kier molecular flexibility index (Phi) is 3.74. The third-order valence-electron chi connectivity index (χ3n) is 4.30. The van der Waals surface area contributed by atoms with Gasteiger partial charge in [-0.25, -0.2) is 4.39 Å². The van der Waals surface area contributed by atoms with Gasteiger partial charge in [0.2, 0.25) is 0 Å². The Balaban J connectivity index is 2.37. The Morgan fingerprint density at radius 1 is 1.15 bits per heavy atom. The van der Waals surface area contributed by atoms with E-state index in [0.717, 1.165) is 0 Å². The fourth-order valence-electron chi connectivity index (χ4n) is 2.43. The summed E-state index contributed by atoms with van der Waals surface area (Å²) in [6, 6.07) is 3.20. The molecule has 0 amide bonds. The monoisotopic (exact) mass is 280 g/mol. The molecule has 20 heavy (non-hydrogen) atoms. The van der Waals surface area contributed by atoms with Crippen LogP contribution in [0.1, 0.15) is 51.8 Å². The highest BCUT2D eigenvalue weighted by Crippen LogP contribution is 2.36. The van der Waals surface area contributed by atoms with Crippen molar-refractivity contribution in [1.29, 1.82) is 0 Å². The minimum atomic E-state index is -0.831. The van der Waals surface area contributed by atoms with E-state index in [2.05, 4.69) is 0 Å². The van der Waals surface area contributed by atoms with Gasteiger partial charge in [0.15, 0.2) is 0 Å². The summed E-state index contributed by atoms with van der Waals surface area (Å²) in [6.07, 6.45) is -0.831. The van der Waals surface area contributed by atoms with Crippen LogP contribution in [0.15, 0.2) is 12.1 Å². The quantitative estimate of drug-likeness (QED) is 0.846. The molecule has 1 aliphatic rings. The minimum Gasteiger partial charge on any atom is -0.399 e. The van der Waals surface area contributed by atoms with Crippen molar-refractivity contribution in [1.82, 2.24) is 0 Å². The molecule has 0 spiro atoms. The van der Waals surface area contributed by atoms with Gasteiger partial charge in [-0.2, -0.15) is 0 Å². The number of benzene rings is 1. The third-order valence-corrected chi connectivity index (χ3v) is 4.30. The van der Waals surface area contributed by atoms with E-state index in [0.29, 0.717) is 16.6 Å². The molecule has 0 bridgehead atoms. The predicted octanol–water partition coefficient (Wildman–Crippen LogP) is 2.49. The molecule has 0 aromatic heterocycles. The largest absolute Gasteiger partial charge is 0.494 e. The number of hydrogen-bond donors (Lipinski definition) is 1. The molecule has 1 atom stereocenters. The van der Waals surface area contributed by atoms with E-state index in [4.69, 9.17) is 9.31 Å². The van der Waals surface area contributed by atoms with Gasteiger partial charge in [-0.3, -0.25) is 0 Å². The van der Waals surface area contributed by atoms with E-state index in [9.17, 15) is 9.50 Å². The molecule has 3 nitrogen and oxygen atoms in total. The molecule has 2 rings (SSSR count). The second kappa shape index (κ2) is 4.83. The van der Waals surface area contributed by atoms with Crippen LogP contribution in [0.2, 0.25) is 0 Å². The Morgan fingerprint density at radius 2 is 1.65 bits per heavy atom. The second-order valence-corrected chi connectivity index (χ2v) is 6.50. The van der Waals surface area contributed by atoms with Crippen molar-refractivity contribution < 1.29 is 18.8 Å². The molecular weight excluding hydrogens is 258 g/mol. The molecular formula is C15H22BFO3. The summed E-state index contributed by atoms with van der Waals surface area (Å²) in [5.74, 6) is -0.426. The number of rotatable bonds is 2. The van der Waals surface area contributed by atoms with E-state index in [-0.39, 0.29) is 0 Å². The average Bonchev–Trinajstić information content (AvgIpc) is 2.46. The van der Waals surface area contributed by atoms with E-state index >= 15 is 0 Å². The van der Waals surface area contributed by atoms with Gasteiger partial charge in [0, 0.05) is 5.56 Å². The van der Waals surface area contributed by atoms with Crippen LogP contribution in [0, 0.1) is 12.7 Å². The lowest BCUT2D eigenvalue weighted by molar-refractivity contribution is 0.00578. The molecule has 1 unspecified atom stereocenters. The Labute approximate surface area is 120 Å². The standard InChI is InChI=1S/C15H22BFO3/c1-9-7-11(8-12(17)13(9)10(2)18)16-19-14(3,4)15(5,6)20-16/h7-8,10,18H,1-6H3. The fraction of sp³-hybridized carbons (Fsp3) is 0.600. The zero-order valence-electron chi connectivity index (χ0n) is 13.0. The molecule has 1 fully saturated rings. The first-order valence-electron chi connectivity index (χ1n) is 6.89. The molecule has 5 heteroatoms. The lowest BCUT2D eigenvalue weighted by Gasteiger charge is -2.32. The topological polar surface area (TPSA) is 38.7 Å². The van der Waals surface area contributed by atoms with Gasteiger partial charge >= 0.3 is 7.12 Å². The second-order valence-electron chi connectivity index (χ2n) is 6.50. The van der Waals surface area contributed by atoms with Crippen LogP contribution >= 0.6 is 0 Å². The number of aliphatic hydroxyl groups is 1. The average molecular weight is 280 g/mol. The van der Waals surface area contributed by atoms with Gasteiger partial charge in [0.05, 0.1) is 17.3 Å². The van der Waals surface area contributed by atoms with E-state index < -0.39 is 30.2 Å². The smallest absolute Gasteiger partial charge is 0.399 e. The molecule has 1 aromatic carbocycles. The SMILES string of the molecule is Cc1cc(B2OC(C)(C)C(C)(C)O2)cc(F)c1C(C)O. The van der Waals surface area contributed by atoms with Crippen LogP contribution < -0.4 is 5.46 Å². The van der Waals surface area contributed by atoms with Crippen LogP contribution in [0.25, 0.3) is 0 Å². The first-order chi connectivity index (χ1) is 9.05. The van der Waals surface area contributed by atoms with Gasteiger partial charge < -0.3 is 14.4 Å². The molecule has 1 aliphatic heterocycles. The highest BCUT2D eigenvalue weighted by molar-refractivity contribution is 6.62. The zero-order chi connectivity index (χ0) is 15.3. The molecule has 1 saturated heterocycles. The lowest BCUT2D eigenvalue weighted by atomic mass is 9.77. The van der Waals surface area contributed by atoms with Crippen molar-refractivity contribution >= 4 is 12.6 Å².